The average Bonchev–Trinajstić information content (AvgIpc) is 2.64. The summed E-state index contributed by atoms with van der Waals surface area (Å²) in [6, 6.07) is 1.95. The van der Waals surface area contributed by atoms with E-state index in [2.05, 4.69) is 10.4 Å². The summed E-state index contributed by atoms with van der Waals surface area (Å²) in [6.45, 7) is 6.99. The van der Waals surface area contributed by atoms with Crippen molar-refractivity contribution < 1.29 is 9.90 Å². The molecule has 0 aliphatic heterocycles. The molecule has 1 heterocycles. The molecular weight excluding hydrogens is 218 g/mol. The minimum atomic E-state index is -0.836. The van der Waals surface area contributed by atoms with E-state index in [9.17, 15) is 9.90 Å². The first-order chi connectivity index (χ1) is 7.98. The smallest absolute Gasteiger partial charge is 0.323 e. The van der Waals surface area contributed by atoms with E-state index >= 15 is 0 Å². The van der Waals surface area contributed by atoms with Gasteiger partial charge in [0.15, 0.2) is 0 Å². The zero-order valence-electron chi connectivity index (χ0n) is 10.7. The number of carboxylic acids is 1. The molecule has 0 aromatic carbocycles. The van der Waals surface area contributed by atoms with Gasteiger partial charge in [0.1, 0.15) is 5.54 Å². The maximum Gasteiger partial charge on any atom is 0.323 e. The van der Waals surface area contributed by atoms with Gasteiger partial charge in [-0.25, -0.2) is 0 Å². The molecule has 5 heteroatoms. The van der Waals surface area contributed by atoms with Crippen molar-refractivity contribution in [1.29, 1.82) is 0 Å². The van der Waals surface area contributed by atoms with Gasteiger partial charge >= 0.3 is 5.97 Å². The number of carbonyl (C=O) groups is 1. The van der Waals surface area contributed by atoms with Gasteiger partial charge in [0.2, 0.25) is 0 Å². The Balaban J connectivity index is 2.45. The molecule has 1 unspecified atom stereocenters. The quantitative estimate of drug-likeness (QED) is 0.755. The van der Waals surface area contributed by atoms with E-state index in [0.717, 1.165) is 18.7 Å². The third-order valence-electron chi connectivity index (χ3n) is 2.88. The third kappa shape index (κ3) is 3.85. The number of carboxylic acid groups (broad SMARTS) is 1. The first-order valence-corrected chi connectivity index (χ1v) is 5.96. The van der Waals surface area contributed by atoms with Crippen LogP contribution in [0.15, 0.2) is 12.3 Å². The van der Waals surface area contributed by atoms with E-state index in [0.29, 0.717) is 13.0 Å². The Bertz CT molecular complexity index is 376. The van der Waals surface area contributed by atoms with Crippen LogP contribution >= 0.6 is 0 Å². The Morgan fingerprint density at radius 3 is 2.82 bits per heavy atom. The van der Waals surface area contributed by atoms with Crippen molar-refractivity contribution >= 4 is 5.97 Å². The van der Waals surface area contributed by atoms with Crippen LogP contribution in [-0.4, -0.2) is 32.9 Å². The second-order valence-corrected chi connectivity index (χ2v) is 4.49. The van der Waals surface area contributed by atoms with Gasteiger partial charge in [-0.3, -0.25) is 9.48 Å². The molecule has 2 N–H and O–H groups in total. The number of aryl methyl sites for hydroxylation is 2. The molecule has 0 radical (unpaired) electrons. The first kappa shape index (κ1) is 13.7. The van der Waals surface area contributed by atoms with Crippen LogP contribution in [-0.2, 0) is 11.3 Å². The Morgan fingerprint density at radius 1 is 1.65 bits per heavy atom. The molecule has 17 heavy (non-hydrogen) atoms. The van der Waals surface area contributed by atoms with E-state index in [1.165, 1.54) is 0 Å². The molecule has 1 aromatic rings. The summed E-state index contributed by atoms with van der Waals surface area (Å²) in [5.74, 6) is -0.795. The van der Waals surface area contributed by atoms with Gasteiger partial charge in [-0.2, -0.15) is 5.10 Å². The van der Waals surface area contributed by atoms with Crippen molar-refractivity contribution in [2.45, 2.75) is 45.7 Å². The Labute approximate surface area is 102 Å². The molecule has 0 spiro atoms. The van der Waals surface area contributed by atoms with Crippen LogP contribution in [0.4, 0.5) is 0 Å². The minimum absolute atomic E-state index is 0.592. The molecule has 0 amide bonds. The first-order valence-electron chi connectivity index (χ1n) is 5.96. The molecule has 0 bridgehead atoms. The number of aromatic nitrogens is 2. The monoisotopic (exact) mass is 239 g/mol. The Morgan fingerprint density at radius 2 is 2.35 bits per heavy atom. The van der Waals surface area contributed by atoms with Crippen molar-refractivity contribution in [3.63, 3.8) is 0 Å². The van der Waals surface area contributed by atoms with Crippen molar-refractivity contribution in [1.82, 2.24) is 15.1 Å². The van der Waals surface area contributed by atoms with E-state index in [1.54, 1.807) is 6.92 Å². The summed E-state index contributed by atoms with van der Waals surface area (Å²) in [6.07, 6.45) is 3.30. The van der Waals surface area contributed by atoms with Crippen LogP contribution in [0, 0.1) is 6.92 Å². The highest BCUT2D eigenvalue weighted by Gasteiger charge is 2.31. The number of nitrogens with one attached hydrogen (secondary N) is 1. The highest BCUT2D eigenvalue weighted by Crippen LogP contribution is 2.13. The summed E-state index contributed by atoms with van der Waals surface area (Å²) >= 11 is 0. The van der Waals surface area contributed by atoms with Crippen molar-refractivity contribution in [2.24, 2.45) is 0 Å². The molecule has 1 rings (SSSR count). The predicted molar refractivity (Wildman–Crippen MR) is 65.9 cm³/mol. The summed E-state index contributed by atoms with van der Waals surface area (Å²) in [7, 11) is 0. The van der Waals surface area contributed by atoms with E-state index in [1.807, 2.05) is 30.8 Å². The summed E-state index contributed by atoms with van der Waals surface area (Å²) in [5.41, 5.74) is 0.148. The summed E-state index contributed by atoms with van der Waals surface area (Å²) in [5, 5.41) is 16.5. The topological polar surface area (TPSA) is 67.2 Å². The molecule has 5 nitrogen and oxygen atoms in total. The number of aliphatic carboxylic acids is 1. The molecule has 0 aliphatic carbocycles. The fourth-order valence-corrected chi connectivity index (χ4v) is 1.84. The second kappa shape index (κ2) is 5.82. The third-order valence-corrected chi connectivity index (χ3v) is 2.88. The standard InChI is InChI=1S/C12H21N3O2/c1-4-13-12(3,11(16)17)7-5-8-15-9-6-10(2)14-15/h6,9,13H,4-5,7-8H2,1-3H3,(H,16,17). The van der Waals surface area contributed by atoms with E-state index < -0.39 is 11.5 Å². The Kier molecular flexibility index (Phi) is 4.69. The lowest BCUT2D eigenvalue weighted by Gasteiger charge is -2.25. The van der Waals surface area contributed by atoms with Crippen LogP contribution in [0.1, 0.15) is 32.4 Å². The van der Waals surface area contributed by atoms with Gasteiger partial charge < -0.3 is 10.4 Å². The highest BCUT2D eigenvalue weighted by atomic mass is 16.4. The van der Waals surface area contributed by atoms with Crippen molar-refractivity contribution in [3.8, 4) is 0 Å². The molecular formula is C12H21N3O2. The van der Waals surface area contributed by atoms with E-state index in [-0.39, 0.29) is 0 Å². The second-order valence-electron chi connectivity index (χ2n) is 4.49. The van der Waals surface area contributed by atoms with E-state index in [4.69, 9.17) is 0 Å². The average molecular weight is 239 g/mol. The number of likely N-dealkylation sites (N-methyl/N-ethyl adjacent to an activating group) is 1. The number of nitrogens with zero attached hydrogens (tertiary/aromatic N) is 2. The molecule has 1 aromatic heterocycles. The van der Waals surface area contributed by atoms with Gasteiger partial charge in [-0.15, -0.1) is 0 Å². The summed E-state index contributed by atoms with van der Waals surface area (Å²) < 4.78 is 1.85. The molecule has 96 valence electrons. The highest BCUT2D eigenvalue weighted by molar-refractivity contribution is 5.78. The number of hydrogen-bond donors (Lipinski definition) is 2. The molecule has 0 saturated carbocycles. The van der Waals surface area contributed by atoms with Crippen LogP contribution in [0.5, 0.6) is 0 Å². The molecule has 0 fully saturated rings. The maximum atomic E-state index is 11.2. The lowest BCUT2D eigenvalue weighted by molar-refractivity contribution is -0.144. The fourth-order valence-electron chi connectivity index (χ4n) is 1.84. The van der Waals surface area contributed by atoms with Crippen LogP contribution in [0.25, 0.3) is 0 Å². The van der Waals surface area contributed by atoms with Crippen molar-refractivity contribution in [3.05, 3.63) is 18.0 Å². The predicted octanol–water partition coefficient (Wildman–Crippen LogP) is 1.42. The normalized spacial score (nSPS) is 14.5. The largest absolute Gasteiger partial charge is 0.480 e. The number of hydrogen-bond acceptors (Lipinski definition) is 3. The van der Waals surface area contributed by atoms with Crippen LogP contribution in [0.3, 0.4) is 0 Å². The maximum absolute atomic E-state index is 11.2. The minimum Gasteiger partial charge on any atom is -0.480 e. The Hall–Kier alpha value is -1.36. The number of rotatable bonds is 7. The molecule has 0 saturated heterocycles. The van der Waals surface area contributed by atoms with Crippen molar-refractivity contribution in [2.75, 3.05) is 6.54 Å². The lowest BCUT2D eigenvalue weighted by atomic mass is 9.96. The zero-order chi connectivity index (χ0) is 12.9. The molecule has 1 atom stereocenters. The zero-order valence-corrected chi connectivity index (χ0v) is 10.7. The lowest BCUT2D eigenvalue weighted by Crippen LogP contribution is -2.49. The van der Waals surface area contributed by atoms with Gasteiger partial charge in [-0.1, -0.05) is 6.92 Å². The SMILES string of the molecule is CCNC(C)(CCCn1ccc(C)n1)C(=O)O. The van der Waals surface area contributed by atoms with Crippen LogP contribution in [0.2, 0.25) is 0 Å². The molecule has 0 aliphatic rings. The van der Waals surface area contributed by atoms with Gasteiger partial charge in [0, 0.05) is 12.7 Å². The van der Waals surface area contributed by atoms with Gasteiger partial charge in [0.05, 0.1) is 5.69 Å². The van der Waals surface area contributed by atoms with Gasteiger partial charge in [0.25, 0.3) is 0 Å². The summed E-state index contributed by atoms with van der Waals surface area (Å²) in [4.78, 5) is 11.2. The van der Waals surface area contributed by atoms with Crippen LogP contribution < -0.4 is 5.32 Å². The van der Waals surface area contributed by atoms with Gasteiger partial charge in [-0.05, 0) is 39.3 Å². The fraction of sp³-hybridized carbons (Fsp3) is 0.667.